The van der Waals surface area contributed by atoms with Crippen LogP contribution in [-0.2, 0) is 9.53 Å². The van der Waals surface area contributed by atoms with Gasteiger partial charge in [0.2, 0.25) is 0 Å². The van der Waals surface area contributed by atoms with Gasteiger partial charge in [-0.05, 0) is 12.1 Å². The van der Waals surface area contributed by atoms with Crippen LogP contribution < -0.4 is 5.32 Å². The first-order valence-corrected chi connectivity index (χ1v) is 6.36. The molecule has 1 aliphatic heterocycles. The maximum Gasteiger partial charge on any atom is 0.252 e. The van der Waals surface area contributed by atoms with Gasteiger partial charge in [-0.25, -0.2) is 8.78 Å². The summed E-state index contributed by atoms with van der Waals surface area (Å²) in [6.07, 6.45) is 0. The minimum atomic E-state index is -0.809. The predicted octanol–water partition coefficient (Wildman–Crippen LogP) is 1.49. The molecule has 1 fully saturated rings. The van der Waals surface area contributed by atoms with E-state index >= 15 is 0 Å². The molecule has 2 rings (SSSR count). The minimum absolute atomic E-state index is 0.445. The Bertz CT molecular complexity index is 447. The molecule has 104 valence electrons. The van der Waals surface area contributed by atoms with Crippen molar-refractivity contribution >= 4 is 24.2 Å². The average molecular weight is 288 g/mol. The Morgan fingerprint density at radius 2 is 1.89 bits per heavy atom. The Balaban J connectivity index is 2.04. The number of para-hydroxylation sites is 1. The van der Waals surface area contributed by atoms with Gasteiger partial charge in [0.1, 0.15) is 22.7 Å². The molecule has 7 heteroatoms. The number of carbonyl (C=O) groups is 1. The third kappa shape index (κ3) is 3.43. The number of anilines is 1. The lowest BCUT2D eigenvalue weighted by molar-refractivity contribution is -0.119. The van der Waals surface area contributed by atoms with Gasteiger partial charge in [0.25, 0.3) is 5.91 Å². The van der Waals surface area contributed by atoms with Crippen molar-refractivity contribution in [2.45, 2.75) is 5.37 Å². The molecule has 1 heterocycles. The number of halogens is 2. The lowest BCUT2D eigenvalue weighted by Crippen LogP contribution is -2.46. The summed E-state index contributed by atoms with van der Waals surface area (Å²) < 4.78 is 32.0. The molecule has 4 nitrogen and oxygen atoms in total. The van der Waals surface area contributed by atoms with Crippen molar-refractivity contribution in [3.8, 4) is 0 Å². The van der Waals surface area contributed by atoms with Gasteiger partial charge in [0.05, 0.1) is 13.2 Å². The molecule has 0 aliphatic carbocycles. The van der Waals surface area contributed by atoms with Crippen LogP contribution in [0.2, 0.25) is 0 Å². The van der Waals surface area contributed by atoms with E-state index in [0.29, 0.717) is 26.3 Å². The summed E-state index contributed by atoms with van der Waals surface area (Å²) in [5.74, 6) is -2.18. The Kier molecular flexibility index (Phi) is 4.73. The molecule has 0 spiro atoms. The first kappa shape index (κ1) is 14.2. The van der Waals surface area contributed by atoms with Crippen LogP contribution in [0.3, 0.4) is 0 Å². The van der Waals surface area contributed by atoms with Crippen molar-refractivity contribution in [2.24, 2.45) is 0 Å². The lowest BCUT2D eigenvalue weighted by Gasteiger charge is -2.30. The summed E-state index contributed by atoms with van der Waals surface area (Å²) in [6, 6.07) is 3.41. The van der Waals surface area contributed by atoms with Crippen LogP contribution in [0.5, 0.6) is 0 Å². The highest BCUT2D eigenvalue weighted by Gasteiger charge is 2.25. The van der Waals surface area contributed by atoms with Gasteiger partial charge in [0.15, 0.2) is 0 Å². The Morgan fingerprint density at radius 3 is 2.47 bits per heavy atom. The van der Waals surface area contributed by atoms with Gasteiger partial charge < -0.3 is 10.1 Å². The number of thiol groups is 1. The van der Waals surface area contributed by atoms with Gasteiger partial charge in [-0.2, -0.15) is 12.6 Å². The lowest BCUT2D eigenvalue weighted by atomic mass is 10.3. The Labute approximate surface area is 115 Å². The van der Waals surface area contributed by atoms with E-state index in [1.54, 1.807) is 4.90 Å². The summed E-state index contributed by atoms with van der Waals surface area (Å²) in [7, 11) is 0. The molecule has 1 aromatic rings. The fourth-order valence-electron chi connectivity index (χ4n) is 1.79. The molecule has 1 aliphatic rings. The largest absolute Gasteiger partial charge is 0.379 e. The van der Waals surface area contributed by atoms with Crippen LogP contribution in [-0.4, -0.2) is 42.5 Å². The molecule has 19 heavy (non-hydrogen) atoms. The summed E-state index contributed by atoms with van der Waals surface area (Å²) in [4.78, 5) is 13.7. The number of ether oxygens (including phenoxy) is 1. The highest BCUT2D eigenvalue weighted by atomic mass is 32.1. The van der Waals surface area contributed by atoms with Crippen molar-refractivity contribution in [1.29, 1.82) is 0 Å². The number of hydrogen-bond donors (Lipinski definition) is 2. The molecular formula is C12H14F2N2O2S. The maximum atomic E-state index is 13.4. The minimum Gasteiger partial charge on any atom is -0.379 e. The van der Waals surface area contributed by atoms with E-state index in [2.05, 4.69) is 17.9 Å². The van der Waals surface area contributed by atoms with E-state index in [9.17, 15) is 13.6 Å². The van der Waals surface area contributed by atoms with E-state index < -0.39 is 28.6 Å². The number of hydrogen-bond acceptors (Lipinski definition) is 4. The standard InChI is InChI=1S/C12H14F2N2O2S/c13-8-2-1-3-9(14)10(8)15-11(17)12(19)16-4-6-18-7-5-16/h1-3,12,19H,4-7H2,(H,15,17). The number of carbonyl (C=O) groups excluding carboxylic acids is 1. The van der Waals surface area contributed by atoms with Crippen molar-refractivity contribution in [3.63, 3.8) is 0 Å². The fourth-order valence-corrected chi connectivity index (χ4v) is 2.09. The quantitative estimate of drug-likeness (QED) is 0.828. The zero-order valence-corrected chi connectivity index (χ0v) is 11.0. The first-order valence-electron chi connectivity index (χ1n) is 5.84. The topological polar surface area (TPSA) is 41.6 Å². The van der Waals surface area contributed by atoms with Crippen LogP contribution in [0.25, 0.3) is 0 Å². The van der Waals surface area contributed by atoms with Crippen LogP contribution in [0, 0.1) is 11.6 Å². The zero-order chi connectivity index (χ0) is 13.8. The number of morpholine rings is 1. The fraction of sp³-hybridized carbons (Fsp3) is 0.417. The van der Waals surface area contributed by atoms with Gasteiger partial charge in [-0.1, -0.05) is 6.07 Å². The van der Waals surface area contributed by atoms with Crippen molar-refractivity contribution in [2.75, 3.05) is 31.6 Å². The number of nitrogens with zero attached hydrogens (tertiary/aromatic N) is 1. The van der Waals surface area contributed by atoms with E-state index in [4.69, 9.17) is 4.74 Å². The smallest absolute Gasteiger partial charge is 0.252 e. The first-order chi connectivity index (χ1) is 9.09. The number of amides is 1. The Hall–Kier alpha value is -1.18. The van der Waals surface area contributed by atoms with Crippen LogP contribution in [0.4, 0.5) is 14.5 Å². The highest BCUT2D eigenvalue weighted by Crippen LogP contribution is 2.19. The molecule has 0 radical (unpaired) electrons. The van der Waals surface area contributed by atoms with Crippen molar-refractivity contribution < 1.29 is 18.3 Å². The summed E-state index contributed by atoms with van der Waals surface area (Å²) in [6.45, 7) is 2.14. The van der Waals surface area contributed by atoms with Crippen molar-refractivity contribution in [3.05, 3.63) is 29.8 Å². The highest BCUT2D eigenvalue weighted by molar-refractivity contribution is 7.81. The summed E-state index contributed by atoms with van der Waals surface area (Å²) in [5, 5.41) is 1.47. The van der Waals surface area contributed by atoms with E-state index in [-0.39, 0.29) is 0 Å². The van der Waals surface area contributed by atoms with E-state index in [1.807, 2.05) is 0 Å². The molecule has 1 amide bonds. The van der Waals surface area contributed by atoms with Gasteiger partial charge >= 0.3 is 0 Å². The Morgan fingerprint density at radius 1 is 1.32 bits per heavy atom. The third-order valence-corrected chi connectivity index (χ3v) is 3.40. The second-order valence-corrected chi connectivity index (χ2v) is 4.60. The molecule has 1 atom stereocenters. The van der Waals surface area contributed by atoms with Gasteiger partial charge in [-0.15, -0.1) is 0 Å². The molecule has 1 aromatic carbocycles. The van der Waals surface area contributed by atoms with Crippen LogP contribution in [0.1, 0.15) is 0 Å². The second kappa shape index (κ2) is 6.31. The molecule has 0 bridgehead atoms. The average Bonchev–Trinajstić information content (AvgIpc) is 2.43. The number of benzene rings is 1. The molecule has 0 aromatic heterocycles. The molecule has 1 saturated heterocycles. The third-order valence-electron chi connectivity index (χ3n) is 2.84. The zero-order valence-electron chi connectivity index (χ0n) is 10.1. The predicted molar refractivity (Wildman–Crippen MR) is 70.2 cm³/mol. The number of rotatable bonds is 3. The molecular weight excluding hydrogens is 274 g/mol. The van der Waals surface area contributed by atoms with Gasteiger partial charge in [0, 0.05) is 13.1 Å². The normalized spacial score (nSPS) is 18.1. The summed E-state index contributed by atoms with van der Waals surface area (Å²) in [5.41, 5.74) is -0.445. The van der Waals surface area contributed by atoms with Crippen LogP contribution in [0.15, 0.2) is 18.2 Å². The number of nitrogens with one attached hydrogen (secondary N) is 1. The van der Waals surface area contributed by atoms with E-state index in [0.717, 1.165) is 12.1 Å². The van der Waals surface area contributed by atoms with E-state index in [1.165, 1.54) is 6.07 Å². The van der Waals surface area contributed by atoms with Crippen molar-refractivity contribution in [1.82, 2.24) is 4.90 Å². The summed E-state index contributed by atoms with van der Waals surface area (Å²) >= 11 is 4.18. The molecule has 0 saturated carbocycles. The molecule has 1 unspecified atom stereocenters. The molecule has 1 N–H and O–H groups in total. The SMILES string of the molecule is O=C(Nc1c(F)cccc1F)C(S)N1CCOCC1. The maximum absolute atomic E-state index is 13.4. The van der Waals surface area contributed by atoms with Crippen LogP contribution >= 0.6 is 12.6 Å². The monoisotopic (exact) mass is 288 g/mol. The van der Waals surface area contributed by atoms with Gasteiger partial charge in [-0.3, -0.25) is 9.69 Å². The second-order valence-electron chi connectivity index (χ2n) is 4.11.